The maximum Gasteiger partial charge on any atom is 0.269 e. The summed E-state index contributed by atoms with van der Waals surface area (Å²) in [6.45, 7) is 6.70. The number of aliphatic hydroxyl groups excluding tert-OH is 1. The maximum atomic E-state index is 11.8. The molecule has 2 bridgehead atoms. The SMILES string of the molecule is C=CC1C[N+]2(Cc3ccc([N+](=O)[O-])cc3)CCC1CC2[C@@H](O)c1ccnc2ccc(OC)cc12. The van der Waals surface area contributed by atoms with Crippen LogP contribution in [0.1, 0.15) is 30.1 Å². The topological polar surface area (TPSA) is 85.5 Å². The molecule has 3 aliphatic rings. The molecule has 4 unspecified atom stereocenters. The molecule has 34 heavy (non-hydrogen) atoms. The van der Waals surface area contributed by atoms with Gasteiger partial charge >= 0.3 is 0 Å². The molecule has 6 rings (SSSR count). The minimum absolute atomic E-state index is 0.0157. The highest BCUT2D eigenvalue weighted by atomic mass is 16.6. The van der Waals surface area contributed by atoms with Gasteiger partial charge < -0.3 is 14.3 Å². The Morgan fingerprint density at radius 3 is 2.79 bits per heavy atom. The van der Waals surface area contributed by atoms with Gasteiger partial charge in [-0.1, -0.05) is 6.08 Å². The predicted molar refractivity (Wildman–Crippen MR) is 130 cm³/mol. The Morgan fingerprint density at radius 1 is 1.29 bits per heavy atom. The zero-order valence-electron chi connectivity index (χ0n) is 19.3. The van der Waals surface area contributed by atoms with Crippen LogP contribution in [0.4, 0.5) is 5.69 Å². The van der Waals surface area contributed by atoms with Crippen molar-refractivity contribution in [3.63, 3.8) is 0 Å². The zero-order valence-corrected chi connectivity index (χ0v) is 19.3. The van der Waals surface area contributed by atoms with Gasteiger partial charge in [-0.15, -0.1) is 6.58 Å². The number of non-ortho nitro benzene ring substituents is 1. The first-order valence-corrected chi connectivity index (χ1v) is 11.8. The molecular formula is C27H30N3O4+. The second-order valence-electron chi connectivity index (χ2n) is 9.69. The number of fused-ring (bicyclic) bond motifs is 4. The van der Waals surface area contributed by atoms with E-state index in [4.69, 9.17) is 4.74 Å². The zero-order chi connectivity index (χ0) is 23.9. The van der Waals surface area contributed by atoms with Crippen LogP contribution in [0.25, 0.3) is 10.9 Å². The van der Waals surface area contributed by atoms with Crippen molar-refractivity contribution in [1.29, 1.82) is 0 Å². The summed E-state index contributed by atoms with van der Waals surface area (Å²) in [5, 5.41) is 23.9. The molecule has 2 aromatic carbocycles. The lowest BCUT2D eigenvalue weighted by Gasteiger charge is -2.58. The third-order valence-electron chi connectivity index (χ3n) is 7.99. The van der Waals surface area contributed by atoms with E-state index in [1.54, 1.807) is 25.4 Å². The summed E-state index contributed by atoms with van der Waals surface area (Å²) in [7, 11) is 1.64. The van der Waals surface area contributed by atoms with Crippen LogP contribution in [-0.4, -0.2) is 45.7 Å². The van der Waals surface area contributed by atoms with Gasteiger partial charge in [0, 0.05) is 48.0 Å². The number of ether oxygens (including phenoxy) is 1. The Kier molecular flexibility index (Phi) is 5.83. The van der Waals surface area contributed by atoms with E-state index in [0.29, 0.717) is 11.8 Å². The van der Waals surface area contributed by atoms with E-state index < -0.39 is 6.10 Å². The molecule has 1 aromatic heterocycles. The number of aliphatic hydroxyl groups is 1. The van der Waals surface area contributed by atoms with Gasteiger partial charge in [-0.3, -0.25) is 15.1 Å². The summed E-state index contributed by atoms with van der Waals surface area (Å²) in [6.07, 6.45) is 5.18. The number of methoxy groups -OCH3 is 1. The number of hydrogen-bond donors (Lipinski definition) is 1. The molecule has 0 aliphatic carbocycles. The molecule has 0 spiro atoms. The average Bonchev–Trinajstić information content (AvgIpc) is 2.87. The average molecular weight is 461 g/mol. The molecule has 176 valence electrons. The quantitative estimate of drug-likeness (QED) is 0.237. The fourth-order valence-corrected chi connectivity index (χ4v) is 6.21. The highest BCUT2D eigenvalue weighted by Crippen LogP contribution is 2.48. The summed E-state index contributed by atoms with van der Waals surface area (Å²) in [4.78, 5) is 15.2. The molecule has 3 fully saturated rings. The minimum Gasteiger partial charge on any atom is -0.497 e. The van der Waals surface area contributed by atoms with Gasteiger partial charge in [0.2, 0.25) is 0 Å². The van der Waals surface area contributed by atoms with Crippen molar-refractivity contribution in [1.82, 2.24) is 4.98 Å². The van der Waals surface area contributed by atoms with E-state index in [-0.39, 0.29) is 16.7 Å². The van der Waals surface area contributed by atoms with Crippen LogP contribution < -0.4 is 4.74 Å². The lowest BCUT2D eigenvalue weighted by molar-refractivity contribution is -0.984. The highest BCUT2D eigenvalue weighted by molar-refractivity contribution is 5.83. The number of piperidine rings is 3. The molecule has 7 heteroatoms. The number of pyridine rings is 1. The second-order valence-corrected chi connectivity index (χ2v) is 9.69. The van der Waals surface area contributed by atoms with E-state index >= 15 is 0 Å². The van der Waals surface area contributed by atoms with E-state index in [1.807, 2.05) is 36.4 Å². The summed E-state index contributed by atoms with van der Waals surface area (Å²) >= 11 is 0. The molecule has 5 atom stereocenters. The third kappa shape index (κ3) is 3.85. The Bertz CT molecular complexity index is 1230. The molecule has 3 saturated heterocycles. The summed E-state index contributed by atoms with van der Waals surface area (Å²) in [6, 6.07) is 14.5. The molecular weight excluding hydrogens is 430 g/mol. The van der Waals surface area contributed by atoms with E-state index in [2.05, 4.69) is 17.6 Å². The van der Waals surface area contributed by atoms with Crippen molar-refractivity contribution in [2.45, 2.75) is 31.5 Å². The molecule has 0 amide bonds. The van der Waals surface area contributed by atoms with Crippen molar-refractivity contribution >= 4 is 16.6 Å². The summed E-state index contributed by atoms with van der Waals surface area (Å²) in [5.41, 5.74) is 2.85. The van der Waals surface area contributed by atoms with Gasteiger partial charge in [0.1, 0.15) is 24.4 Å². The fraction of sp³-hybridized carbons (Fsp3) is 0.370. The molecule has 0 saturated carbocycles. The van der Waals surface area contributed by atoms with Crippen LogP contribution in [-0.2, 0) is 6.54 Å². The Hall–Kier alpha value is -3.29. The lowest BCUT2D eigenvalue weighted by atomic mass is 9.71. The number of rotatable bonds is 7. The molecule has 1 N–H and O–H groups in total. The number of benzene rings is 2. The van der Waals surface area contributed by atoms with Gasteiger partial charge in [0.05, 0.1) is 30.6 Å². The second kappa shape index (κ2) is 8.81. The molecule has 4 heterocycles. The van der Waals surface area contributed by atoms with Crippen molar-refractivity contribution in [2.24, 2.45) is 11.8 Å². The molecule has 3 aliphatic heterocycles. The monoisotopic (exact) mass is 460 g/mol. The first-order valence-electron chi connectivity index (χ1n) is 11.8. The lowest BCUT2D eigenvalue weighted by Crippen LogP contribution is -2.67. The molecule has 7 nitrogen and oxygen atoms in total. The first kappa shape index (κ1) is 22.5. The van der Waals surface area contributed by atoms with Crippen LogP contribution in [0.5, 0.6) is 5.75 Å². The van der Waals surface area contributed by atoms with Crippen molar-refractivity contribution < 1.29 is 19.2 Å². The van der Waals surface area contributed by atoms with Crippen LogP contribution in [0, 0.1) is 22.0 Å². The number of nitrogens with zero attached hydrogens (tertiary/aromatic N) is 3. The van der Waals surface area contributed by atoms with Crippen molar-refractivity contribution in [3.05, 3.63) is 88.6 Å². The van der Waals surface area contributed by atoms with E-state index in [0.717, 1.165) is 64.7 Å². The van der Waals surface area contributed by atoms with Gasteiger partial charge in [-0.05, 0) is 47.9 Å². The summed E-state index contributed by atoms with van der Waals surface area (Å²) in [5.74, 6) is 1.65. The Morgan fingerprint density at radius 2 is 2.09 bits per heavy atom. The van der Waals surface area contributed by atoms with Gasteiger partial charge in [-0.25, -0.2) is 0 Å². The third-order valence-corrected chi connectivity index (χ3v) is 7.99. The smallest absolute Gasteiger partial charge is 0.269 e. The van der Waals surface area contributed by atoms with Crippen molar-refractivity contribution in [3.8, 4) is 5.75 Å². The Balaban J connectivity index is 1.53. The van der Waals surface area contributed by atoms with Crippen LogP contribution in [0.15, 0.2) is 67.4 Å². The van der Waals surface area contributed by atoms with Gasteiger partial charge in [-0.2, -0.15) is 0 Å². The number of nitro benzene ring substituents is 1. The standard InChI is InChI=1S/C27H30N3O4/c1-3-19-17-30(16-18-4-6-21(7-5-18)29(32)33)13-11-20(19)14-26(30)27(31)23-10-12-28-25-9-8-22(34-2)15-24(23)25/h3-10,12,15,19-20,26-27,31H,1,11,13-14,16-17H2,2H3/q+1/t19?,20?,26?,27-,30?/m0/s1. The number of nitro groups is 1. The molecule has 3 aromatic rings. The van der Waals surface area contributed by atoms with E-state index in [9.17, 15) is 15.2 Å². The number of quaternary nitrogens is 1. The first-order chi connectivity index (χ1) is 16.4. The van der Waals surface area contributed by atoms with Crippen LogP contribution >= 0.6 is 0 Å². The minimum atomic E-state index is -0.663. The maximum absolute atomic E-state index is 11.8. The van der Waals surface area contributed by atoms with E-state index in [1.165, 1.54) is 0 Å². The van der Waals surface area contributed by atoms with Crippen LogP contribution in [0.2, 0.25) is 0 Å². The van der Waals surface area contributed by atoms with Crippen molar-refractivity contribution in [2.75, 3.05) is 20.2 Å². The van der Waals surface area contributed by atoms with Gasteiger partial charge in [0.15, 0.2) is 0 Å². The highest BCUT2D eigenvalue weighted by Gasteiger charge is 2.54. The molecule has 0 radical (unpaired) electrons. The predicted octanol–water partition coefficient (Wildman–Crippen LogP) is 4.80. The van der Waals surface area contributed by atoms with Gasteiger partial charge in [0.25, 0.3) is 5.69 Å². The normalized spacial score (nSPS) is 26.8. The van der Waals surface area contributed by atoms with Crippen LogP contribution in [0.3, 0.4) is 0 Å². The fourth-order valence-electron chi connectivity index (χ4n) is 6.21. The number of aromatic nitrogens is 1. The summed E-state index contributed by atoms with van der Waals surface area (Å²) < 4.78 is 6.18. The number of hydrogen-bond acceptors (Lipinski definition) is 5. The Labute approximate surface area is 199 Å². The largest absolute Gasteiger partial charge is 0.497 e.